The first-order valence-corrected chi connectivity index (χ1v) is 6.46. The zero-order chi connectivity index (χ0) is 14.1. The minimum atomic E-state index is -4.54. The summed E-state index contributed by atoms with van der Waals surface area (Å²) in [7, 11) is 0. The molecule has 0 atom stereocenters. The van der Waals surface area contributed by atoms with E-state index in [1.54, 1.807) is 0 Å². The van der Waals surface area contributed by atoms with Gasteiger partial charge in [-0.1, -0.05) is 25.3 Å². The molecule has 0 saturated heterocycles. The summed E-state index contributed by atoms with van der Waals surface area (Å²) in [5.74, 6) is -0.862. The molecule has 1 nitrogen and oxygen atoms in total. The van der Waals surface area contributed by atoms with Gasteiger partial charge in [-0.05, 0) is 30.5 Å². The van der Waals surface area contributed by atoms with Gasteiger partial charge in [-0.2, -0.15) is 13.2 Å². The van der Waals surface area contributed by atoms with Gasteiger partial charge in [0.1, 0.15) is 5.82 Å². The number of hydrogen-bond donors (Lipinski definition) is 1. The molecule has 1 fully saturated rings. The first-order chi connectivity index (χ1) is 8.89. The van der Waals surface area contributed by atoms with E-state index in [9.17, 15) is 17.6 Å². The predicted molar refractivity (Wildman–Crippen MR) is 65.2 cm³/mol. The monoisotopic (exact) mass is 275 g/mol. The lowest BCUT2D eigenvalue weighted by atomic mass is 9.68. The van der Waals surface area contributed by atoms with Crippen LogP contribution in [0.3, 0.4) is 0 Å². The smallest absolute Gasteiger partial charge is 0.330 e. The lowest BCUT2D eigenvalue weighted by Crippen LogP contribution is -2.39. The number of alkyl halides is 3. The molecule has 0 heterocycles. The maximum absolute atomic E-state index is 13.1. The van der Waals surface area contributed by atoms with Gasteiger partial charge in [-0.3, -0.25) is 0 Å². The van der Waals surface area contributed by atoms with Gasteiger partial charge < -0.3 is 5.73 Å². The summed E-state index contributed by atoms with van der Waals surface area (Å²) in [6.45, 7) is 0.168. The van der Waals surface area contributed by atoms with E-state index in [-0.39, 0.29) is 12.1 Å². The molecule has 0 bridgehead atoms. The van der Waals surface area contributed by atoms with E-state index in [0.29, 0.717) is 18.9 Å². The predicted octanol–water partition coefficient (Wildman–Crippen LogP) is 4.01. The van der Waals surface area contributed by atoms with Crippen molar-refractivity contribution in [1.29, 1.82) is 0 Å². The van der Waals surface area contributed by atoms with Crippen molar-refractivity contribution < 1.29 is 17.6 Å². The third kappa shape index (κ3) is 2.76. The van der Waals surface area contributed by atoms with Gasteiger partial charge in [0.05, 0.1) is 5.56 Å². The van der Waals surface area contributed by atoms with Crippen LogP contribution in [0.5, 0.6) is 0 Å². The summed E-state index contributed by atoms with van der Waals surface area (Å²) < 4.78 is 52.4. The van der Waals surface area contributed by atoms with Crippen molar-refractivity contribution in [2.45, 2.75) is 43.7 Å². The Morgan fingerprint density at radius 1 is 1.11 bits per heavy atom. The molecular formula is C14H17F4N. The Balaban J connectivity index is 2.54. The summed E-state index contributed by atoms with van der Waals surface area (Å²) in [5, 5.41) is 0. The standard InChI is InChI=1S/C14H17F4N/c15-10-4-5-11(12(8-10)14(16,17)18)13(9-19)6-2-1-3-7-13/h4-5,8H,1-3,6-7,9,19H2. The average Bonchev–Trinajstić information content (AvgIpc) is 2.38. The van der Waals surface area contributed by atoms with Crippen LogP contribution >= 0.6 is 0 Å². The van der Waals surface area contributed by atoms with E-state index in [1.807, 2.05) is 0 Å². The van der Waals surface area contributed by atoms with Gasteiger partial charge in [0.25, 0.3) is 0 Å². The van der Waals surface area contributed by atoms with Crippen LogP contribution in [0, 0.1) is 5.82 Å². The van der Waals surface area contributed by atoms with E-state index in [0.717, 1.165) is 25.3 Å². The van der Waals surface area contributed by atoms with Crippen molar-refractivity contribution in [2.24, 2.45) is 5.73 Å². The highest BCUT2D eigenvalue weighted by Gasteiger charge is 2.41. The van der Waals surface area contributed by atoms with Crippen LogP contribution in [0.2, 0.25) is 0 Å². The fourth-order valence-electron chi connectivity index (χ4n) is 3.03. The SMILES string of the molecule is NCC1(c2ccc(F)cc2C(F)(F)F)CCCCC1. The van der Waals surface area contributed by atoms with Crippen molar-refractivity contribution in [3.63, 3.8) is 0 Å². The molecule has 2 N–H and O–H groups in total. The molecule has 1 aromatic carbocycles. The Hall–Kier alpha value is -1.10. The zero-order valence-corrected chi connectivity index (χ0v) is 10.6. The number of halogens is 4. The topological polar surface area (TPSA) is 26.0 Å². The molecule has 0 amide bonds. The molecule has 1 aliphatic carbocycles. The Morgan fingerprint density at radius 3 is 2.26 bits per heavy atom. The van der Waals surface area contributed by atoms with Crippen molar-refractivity contribution in [3.8, 4) is 0 Å². The van der Waals surface area contributed by atoms with E-state index < -0.39 is 23.0 Å². The molecule has 0 radical (unpaired) electrons. The quantitative estimate of drug-likeness (QED) is 0.811. The molecule has 1 aliphatic rings. The molecule has 0 spiro atoms. The van der Waals surface area contributed by atoms with Crippen molar-refractivity contribution in [3.05, 3.63) is 35.1 Å². The first kappa shape index (κ1) is 14.3. The Bertz CT molecular complexity index is 447. The van der Waals surface area contributed by atoms with Gasteiger partial charge in [0.2, 0.25) is 0 Å². The molecule has 0 aliphatic heterocycles. The summed E-state index contributed by atoms with van der Waals surface area (Å²) in [4.78, 5) is 0. The first-order valence-electron chi connectivity index (χ1n) is 6.46. The maximum Gasteiger partial charge on any atom is 0.416 e. The van der Waals surface area contributed by atoms with Crippen molar-refractivity contribution in [1.82, 2.24) is 0 Å². The van der Waals surface area contributed by atoms with Crippen LogP contribution < -0.4 is 5.73 Å². The number of hydrogen-bond acceptors (Lipinski definition) is 1. The second-order valence-electron chi connectivity index (χ2n) is 5.23. The van der Waals surface area contributed by atoms with Crippen LogP contribution in [0.25, 0.3) is 0 Å². The highest BCUT2D eigenvalue weighted by atomic mass is 19.4. The molecule has 0 unspecified atom stereocenters. The minimum Gasteiger partial charge on any atom is -0.330 e. The van der Waals surface area contributed by atoms with E-state index in [4.69, 9.17) is 5.73 Å². The Kier molecular flexibility index (Phi) is 3.85. The maximum atomic E-state index is 13.1. The van der Waals surface area contributed by atoms with Gasteiger partial charge in [-0.15, -0.1) is 0 Å². The number of rotatable bonds is 2. The summed E-state index contributed by atoms with van der Waals surface area (Å²) in [6.07, 6.45) is -0.518. The Morgan fingerprint density at radius 2 is 1.74 bits per heavy atom. The molecular weight excluding hydrogens is 258 g/mol. The third-order valence-electron chi connectivity index (χ3n) is 4.06. The second kappa shape index (κ2) is 5.12. The van der Waals surface area contributed by atoms with Crippen LogP contribution in [0.4, 0.5) is 17.6 Å². The largest absolute Gasteiger partial charge is 0.416 e. The minimum absolute atomic E-state index is 0.156. The van der Waals surface area contributed by atoms with Gasteiger partial charge in [-0.25, -0.2) is 4.39 Å². The van der Waals surface area contributed by atoms with Crippen LogP contribution in [0.15, 0.2) is 18.2 Å². The summed E-state index contributed by atoms with van der Waals surface area (Å²) in [6, 6.07) is 2.94. The Labute approximate surface area is 109 Å². The van der Waals surface area contributed by atoms with Gasteiger partial charge in [0.15, 0.2) is 0 Å². The molecule has 2 rings (SSSR count). The van der Waals surface area contributed by atoms with Crippen LogP contribution in [0.1, 0.15) is 43.2 Å². The lowest BCUT2D eigenvalue weighted by Gasteiger charge is -2.38. The third-order valence-corrected chi connectivity index (χ3v) is 4.06. The zero-order valence-electron chi connectivity index (χ0n) is 10.6. The highest BCUT2D eigenvalue weighted by Crippen LogP contribution is 2.44. The fourth-order valence-corrected chi connectivity index (χ4v) is 3.03. The number of benzene rings is 1. The molecule has 19 heavy (non-hydrogen) atoms. The van der Waals surface area contributed by atoms with Gasteiger partial charge >= 0.3 is 6.18 Å². The van der Waals surface area contributed by atoms with Crippen molar-refractivity contribution in [2.75, 3.05) is 6.54 Å². The highest BCUT2D eigenvalue weighted by molar-refractivity contribution is 5.37. The molecule has 1 aromatic rings. The molecule has 106 valence electrons. The normalized spacial score (nSPS) is 19.4. The second-order valence-corrected chi connectivity index (χ2v) is 5.23. The summed E-state index contributed by atoms with van der Waals surface area (Å²) >= 11 is 0. The van der Waals surface area contributed by atoms with Crippen LogP contribution in [-0.2, 0) is 11.6 Å². The fraction of sp³-hybridized carbons (Fsp3) is 0.571. The molecule has 1 saturated carbocycles. The van der Waals surface area contributed by atoms with Crippen molar-refractivity contribution >= 4 is 0 Å². The molecule has 0 aromatic heterocycles. The lowest BCUT2D eigenvalue weighted by molar-refractivity contribution is -0.139. The summed E-state index contributed by atoms with van der Waals surface area (Å²) in [5.41, 5.74) is 4.38. The van der Waals surface area contributed by atoms with Gasteiger partial charge in [0, 0.05) is 12.0 Å². The van der Waals surface area contributed by atoms with E-state index in [1.165, 1.54) is 6.07 Å². The number of nitrogens with two attached hydrogens (primary N) is 1. The van der Waals surface area contributed by atoms with Crippen LogP contribution in [-0.4, -0.2) is 6.54 Å². The van der Waals surface area contributed by atoms with E-state index in [2.05, 4.69) is 0 Å². The molecule has 5 heteroatoms. The van der Waals surface area contributed by atoms with E-state index >= 15 is 0 Å². The average molecular weight is 275 g/mol.